The fourth-order valence-corrected chi connectivity index (χ4v) is 2.86. The predicted molar refractivity (Wildman–Crippen MR) is 88.2 cm³/mol. The van der Waals surface area contributed by atoms with Crippen LogP contribution in [0.5, 0.6) is 0 Å². The maximum Gasteiger partial charge on any atom is 0.229 e. The number of benzene rings is 2. The van der Waals surface area contributed by atoms with Crippen LogP contribution in [0.25, 0.3) is 0 Å². The Hall–Kier alpha value is -2.50. The molecule has 1 atom stereocenters. The van der Waals surface area contributed by atoms with Crippen LogP contribution in [-0.4, -0.2) is 27.4 Å². The standard InChI is InChI=1S/C18H19N3O2/c1-17(2)18(19,14-11-7-4-8-12-14)21(23)16(20-17)15(22)13-9-5-3-6-10-13/h3-12,23H,19H2,1-2H3/t18-/m1/s1. The summed E-state index contributed by atoms with van der Waals surface area (Å²) in [5, 5.41) is 11.5. The molecule has 0 radical (unpaired) electrons. The van der Waals surface area contributed by atoms with Crippen LogP contribution in [0.4, 0.5) is 0 Å². The third-order valence-electron chi connectivity index (χ3n) is 4.31. The summed E-state index contributed by atoms with van der Waals surface area (Å²) < 4.78 is 0. The molecule has 5 heteroatoms. The number of rotatable bonds is 3. The number of carbonyl (C=O) groups excluding carboxylic acids is 1. The zero-order chi connectivity index (χ0) is 16.7. The second-order valence-electron chi connectivity index (χ2n) is 6.13. The van der Waals surface area contributed by atoms with E-state index >= 15 is 0 Å². The Morgan fingerprint density at radius 2 is 1.57 bits per heavy atom. The molecule has 23 heavy (non-hydrogen) atoms. The van der Waals surface area contributed by atoms with Crippen LogP contribution in [0, 0.1) is 0 Å². The Morgan fingerprint density at radius 3 is 2.13 bits per heavy atom. The van der Waals surface area contributed by atoms with E-state index in [1.165, 1.54) is 0 Å². The first-order valence-corrected chi connectivity index (χ1v) is 7.41. The number of hydrogen-bond donors (Lipinski definition) is 2. The van der Waals surface area contributed by atoms with E-state index in [9.17, 15) is 10.0 Å². The first-order valence-electron chi connectivity index (χ1n) is 7.41. The summed E-state index contributed by atoms with van der Waals surface area (Å²) in [6.45, 7) is 3.60. The number of nitrogens with zero attached hydrogens (tertiary/aromatic N) is 2. The molecular weight excluding hydrogens is 290 g/mol. The van der Waals surface area contributed by atoms with Gasteiger partial charge in [-0.3, -0.25) is 15.0 Å². The number of amidine groups is 1. The molecule has 3 N–H and O–H groups in total. The number of hydrogen-bond acceptors (Lipinski definition) is 5. The van der Waals surface area contributed by atoms with Gasteiger partial charge in [0.05, 0.1) is 0 Å². The molecule has 0 spiro atoms. The van der Waals surface area contributed by atoms with Gasteiger partial charge in [-0.15, -0.1) is 0 Å². The number of carbonyl (C=O) groups is 1. The van der Waals surface area contributed by atoms with E-state index in [0.29, 0.717) is 11.1 Å². The average Bonchev–Trinajstić information content (AvgIpc) is 2.77. The van der Waals surface area contributed by atoms with Crippen molar-refractivity contribution < 1.29 is 10.0 Å². The predicted octanol–water partition coefficient (Wildman–Crippen LogP) is 2.56. The molecule has 0 bridgehead atoms. The molecule has 3 rings (SSSR count). The summed E-state index contributed by atoms with van der Waals surface area (Å²) >= 11 is 0. The van der Waals surface area contributed by atoms with E-state index in [1.807, 2.05) is 36.4 Å². The summed E-state index contributed by atoms with van der Waals surface area (Å²) in [5.41, 5.74) is 5.48. The van der Waals surface area contributed by atoms with Crippen LogP contribution in [-0.2, 0) is 5.66 Å². The summed E-state index contributed by atoms with van der Waals surface area (Å²) in [4.78, 5) is 17.1. The Morgan fingerprint density at radius 1 is 1.04 bits per heavy atom. The first kappa shape index (κ1) is 15.4. The number of nitrogens with two attached hydrogens (primary N) is 1. The molecule has 0 unspecified atom stereocenters. The number of ketones is 1. The maximum absolute atomic E-state index is 12.7. The average molecular weight is 309 g/mol. The van der Waals surface area contributed by atoms with Crippen molar-refractivity contribution in [1.82, 2.24) is 5.06 Å². The quantitative estimate of drug-likeness (QED) is 0.854. The Balaban J connectivity index is 2.05. The van der Waals surface area contributed by atoms with E-state index in [4.69, 9.17) is 5.73 Å². The minimum absolute atomic E-state index is 0.0486. The van der Waals surface area contributed by atoms with Crippen molar-refractivity contribution in [2.24, 2.45) is 10.7 Å². The molecule has 1 heterocycles. The summed E-state index contributed by atoms with van der Waals surface area (Å²) in [5.74, 6) is -0.406. The lowest BCUT2D eigenvalue weighted by atomic mass is 9.83. The summed E-state index contributed by atoms with van der Waals surface area (Å²) in [6.07, 6.45) is 0. The minimum Gasteiger partial charge on any atom is -0.301 e. The van der Waals surface area contributed by atoms with Crippen LogP contribution in [0.2, 0.25) is 0 Å². The van der Waals surface area contributed by atoms with Crippen molar-refractivity contribution in [2.75, 3.05) is 0 Å². The molecule has 0 saturated heterocycles. The first-order chi connectivity index (χ1) is 10.9. The third-order valence-corrected chi connectivity index (χ3v) is 4.31. The van der Waals surface area contributed by atoms with Crippen molar-refractivity contribution in [3.05, 3.63) is 71.8 Å². The molecule has 1 aliphatic heterocycles. The van der Waals surface area contributed by atoms with Gasteiger partial charge in [0.1, 0.15) is 5.54 Å². The van der Waals surface area contributed by atoms with Gasteiger partial charge in [-0.2, -0.15) is 0 Å². The van der Waals surface area contributed by atoms with Crippen molar-refractivity contribution in [3.8, 4) is 0 Å². The lowest BCUT2D eigenvalue weighted by Gasteiger charge is -2.40. The van der Waals surface area contributed by atoms with Crippen LogP contribution < -0.4 is 5.73 Å². The highest BCUT2D eigenvalue weighted by Crippen LogP contribution is 2.41. The van der Waals surface area contributed by atoms with E-state index < -0.39 is 11.2 Å². The molecule has 2 aromatic carbocycles. The fraction of sp³-hybridized carbons (Fsp3) is 0.222. The molecule has 5 nitrogen and oxygen atoms in total. The van der Waals surface area contributed by atoms with Gasteiger partial charge >= 0.3 is 0 Å². The number of aliphatic imine (C=N–C) groups is 1. The largest absolute Gasteiger partial charge is 0.301 e. The van der Waals surface area contributed by atoms with Crippen molar-refractivity contribution in [2.45, 2.75) is 25.0 Å². The van der Waals surface area contributed by atoms with Crippen LogP contribution in [0.15, 0.2) is 65.7 Å². The maximum atomic E-state index is 12.7. The molecule has 2 aromatic rings. The molecule has 0 fully saturated rings. The second-order valence-corrected chi connectivity index (χ2v) is 6.13. The van der Waals surface area contributed by atoms with Crippen LogP contribution >= 0.6 is 0 Å². The lowest BCUT2D eigenvalue weighted by Crippen LogP contribution is -2.60. The Labute approximate surface area is 135 Å². The normalized spacial score (nSPS) is 22.8. The minimum atomic E-state index is -1.31. The van der Waals surface area contributed by atoms with E-state index in [0.717, 1.165) is 5.06 Å². The lowest BCUT2D eigenvalue weighted by molar-refractivity contribution is -0.118. The van der Waals surface area contributed by atoms with Crippen LogP contribution in [0.3, 0.4) is 0 Å². The van der Waals surface area contributed by atoms with E-state index in [2.05, 4.69) is 4.99 Å². The zero-order valence-corrected chi connectivity index (χ0v) is 13.1. The van der Waals surface area contributed by atoms with Gasteiger partial charge in [-0.05, 0) is 19.4 Å². The molecule has 1 aliphatic rings. The van der Waals surface area contributed by atoms with E-state index in [1.54, 1.807) is 38.1 Å². The Kier molecular flexibility index (Phi) is 3.55. The molecule has 0 aromatic heterocycles. The molecule has 0 amide bonds. The van der Waals surface area contributed by atoms with Gasteiger partial charge in [0.25, 0.3) is 0 Å². The summed E-state index contributed by atoms with van der Waals surface area (Å²) in [7, 11) is 0. The van der Waals surface area contributed by atoms with Crippen molar-refractivity contribution in [1.29, 1.82) is 0 Å². The highest BCUT2D eigenvalue weighted by molar-refractivity contribution is 6.45. The number of Topliss-reactive ketones (excluding diaryl/α,β-unsaturated/α-hetero) is 1. The fourth-order valence-electron chi connectivity index (χ4n) is 2.86. The van der Waals surface area contributed by atoms with Gasteiger partial charge in [0.2, 0.25) is 5.78 Å². The molecule has 0 aliphatic carbocycles. The van der Waals surface area contributed by atoms with Gasteiger partial charge < -0.3 is 5.73 Å². The van der Waals surface area contributed by atoms with Crippen molar-refractivity contribution in [3.63, 3.8) is 0 Å². The smallest absolute Gasteiger partial charge is 0.229 e. The molecule has 0 saturated carbocycles. The molecule has 118 valence electrons. The van der Waals surface area contributed by atoms with Gasteiger partial charge in [0.15, 0.2) is 11.5 Å². The highest BCUT2D eigenvalue weighted by atomic mass is 16.5. The van der Waals surface area contributed by atoms with Gasteiger partial charge in [0, 0.05) is 5.56 Å². The summed E-state index contributed by atoms with van der Waals surface area (Å²) in [6, 6.07) is 17.9. The van der Waals surface area contributed by atoms with Gasteiger partial charge in [-0.25, -0.2) is 5.06 Å². The zero-order valence-electron chi connectivity index (χ0n) is 13.1. The van der Waals surface area contributed by atoms with Gasteiger partial charge in [-0.1, -0.05) is 60.7 Å². The molecular formula is C18H19N3O2. The van der Waals surface area contributed by atoms with Crippen molar-refractivity contribution >= 4 is 11.6 Å². The Bertz CT molecular complexity index is 756. The highest BCUT2D eigenvalue weighted by Gasteiger charge is 2.55. The second kappa shape index (κ2) is 5.30. The topological polar surface area (TPSA) is 78.9 Å². The van der Waals surface area contributed by atoms with E-state index in [-0.39, 0.29) is 11.6 Å². The number of hydroxylamine groups is 2. The van der Waals surface area contributed by atoms with Crippen LogP contribution in [0.1, 0.15) is 29.8 Å². The SMILES string of the molecule is CC1(C)N=C(C(=O)c2ccccc2)N(O)[C@]1(N)c1ccccc1. The third kappa shape index (κ3) is 2.25. The monoisotopic (exact) mass is 309 g/mol.